The molecule has 2 N–H and O–H groups in total. The zero-order valence-electron chi connectivity index (χ0n) is 11.1. The molecule has 0 spiro atoms. The van der Waals surface area contributed by atoms with Crippen LogP contribution in [0.4, 0.5) is 5.69 Å². The maximum atomic E-state index is 11.9. The molecule has 0 saturated heterocycles. The summed E-state index contributed by atoms with van der Waals surface area (Å²) in [7, 11) is -3.47. The predicted octanol–water partition coefficient (Wildman–Crippen LogP) is 1.86. The van der Waals surface area contributed by atoms with Crippen LogP contribution in [0.3, 0.4) is 0 Å². The average molecular weight is 299 g/mol. The third-order valence-corrected chi connectivity index (χ3v) is 5.11. The minimum absolute atomic E-state index is 0.0740. The van der Waals surface area contributed by atoms with Gasteiger partial charge in [-0.2, -0.15) is 0 Å². The van der Waals surface area contributed by atoms with E-state index < -0.39 is 21.2 Å². The molecule has 0 aromatic heterocycles. The number of phenols is 1. The molecule has 1 aromatic carbocycles. The molecule has 0 amide bonds. The van der Waals surface area contributed by atoms with Gasteiger partial charge in [0.25, 0.3) is 0 Å². The Balaban J connectivity index is 2.15. The van der Waals surface area contributed by atoms with E-state index in [9.17, 15) is 18.3 Å². The van der Waals surface area contributed by atoms with Crippen LogP contribution in [0.15, 0.2) is 18.2 Å². The number of hydrogen-bond acceptors (Lipinski definition) is 5. The lowest BCUT2D eigenvalue weighted by molar-refractivity contribution is 0.0526. The number of hydrogen-bond donors (Lipinski definition) is 2. The SMILES string of the molecule is CCOC(=O)c1ccc(NS(=O)(=O)C2CCC2)c(O)c1. The van der Waals surface area contributed by atoms with Gasteiger partial charge >= 0.3 is 5.97 Å². The zero-order valence-corrected chi connectivity index (χ0v) is 11.9. The van der Waals surface area contributed by atoms with Crippen LogP contribution in [0.25, 0.3) is 0 Å². The predicted molar refractivity (Wildman–Crippen MR) is 74.2 cm³/mol. The van der Waals surface area contributed by atoms with E-state index in [0.29, 0.717) is 12.8 Å². The molecule has 6 nitrogen and oxygen atoms in total. The van der Waals surface area contributed by atoms with Crippen molar-refractivity contribution >= 4 is 21.7 Å². The average Bonchev–Trinajstić information content (AvgIpc) is 2.28. The molecule has 0 bridgehead atoms. The van der Waals surface area contributed by atoms with Gasteiger partial charge in [-0.3, -0.25) is 4.72 Å². The summed E-state index contributed by atoms with van der Waals surface area (Å²) in [5.74, 6) is -0.852. The Kier molecular flexibility index (Phi) is 4.17. The van der Waals surface area contributed by atoms with Crippen molar-refractivity contribution in [2.75, 3.05) is 11.3 Å². The Hall–Kier alpha value is -1.76. The first kappa shape index (κ1) is 14.6. The van der Waals surface area contributed by atoms with Crippen molar-refractivity contribution in [3.8, 4) is 5.75 Å². The van der Waals surface area contributed by atoms with Gasteiger partial charge < -0.3 is 9.84 Å². The molecular weight excluding hydrogens is 282 g/mol. The third-order valence-electron chi connectivity index (χ3n) is 3.25. The smallest absolute Gasteiger partial charge is 0.338 e. The first-order valence-electron chi connectivity index (χ1n) is 6.46. The minimum Gasteiger partial charge on any atom is -0.506 e. The van der Waals surface area contributed by atoms with E-state index in [1.54, 1.807) is 6.92 Å². The van der Waals surface area contributed by atoms with Crippen LogP contribution in [0.2, 0.25) is 0 Å². The van der Waals surface area contributed by atoms with Crippen molar-refractivity contribution in [3.05, 3.63) is 23.8 Å². The molecule has 0 radical (unpaired) electrons. The van der Waals surface area contributed by atoms with Gasteiger partial charge in [-0.25, -0.2) is 13.2 Å². The van der Waals surface area contributed by atoms with Crippen molar-refractivity contribution in [2.24, 2.45) is 0 Å². The number of phenolic OH excluding ortho intramolecular Hbond substituents is 1. The van der Waals surface area contributed by atoms with Crippen LogP contribution in [-0.4, -0.2) is 31.4 Å². The Morgan fingerprint density at radius 1 is 1.45 bits per heavy atom. The van der Waals surface area contributed by atoms with Crippen LogP contribution < -0.4 is 4.72 Å². The van der Waals surface area contributed by atoms with Crippen molar-refractivity contribution in [1.29, 1.82) is 0 Å². The second-order valence-electron chi connectivity index (χ2n) is 4.65. The lowest BCUT2D eigenvalue weighted by Crippen LogP contribution is -2.33. The van der Waals surface area contributed by atoms with Gasteiger partial charge in [0, 0.05) is 0 Å². The second kappa shape index (κ2) is 5.70. The number of carbonyl (C=O) groups excluding carboxylic acids is 1. The Morgan fingerprint density at radius 2 is 2.15 bits per heavy atom. The maximum Gasteiger partial charge on any atom is 0.338 e. The van der Waals surface area contributed by atoms with Crippen LogP contribution in [0.5, 0.6) is 5.75 Å². The largest absolute Gasteiger partial charge is 0.506 e. The highest BCUT2D eigenvalue weighted by atomic mass is 32.2. The van der Waals surface area contributed by atoms with Crippen LogP contribution in [-0.2, 0) is 14.8 Å². The van der Waals surface area contributed by atoms with E-state index in [-0.39, 0.29) is 23.6 Å². The third kappa shape index (κ3) is 3.04. The van der Waals surface area contributed by atoms with E-state index in [1.165, 1.54) is 18.2 Å². The number of nitrogens with one attached hydrogen (secondary N) is 1. The van der Waals surface area contributed by atoms with Crippen LogP contribution in [0, 0.1) is 0 Å². The lowest BCUT2D eigenvalue weighted by atomic mass is 10.0. The summed E-state index contributed by atoms with van der Waals surface area (Å²) in [6.45, 7) is 1.91. The van der Waals surface area contributed by atoms with Gasteiger partial charge in [0.05, 0.1) is 23.1 Å². The number of sulfonamides is 1. The van der Waals surface area contributed by atoms with Crippen molar-refractivity contribution in [2.45, 2.75) is 31.4 Å². The van der Waals surface area contributed by atoms with E-state index in [2.05, 4.69) is 4.72 Å². The topological polar surface area (TPSA) is 92.7 Å². The molecule has 0 atom stereocenters. The van der Waals surface area contributed by atoms with Crippen molar-refractivity contribution < 1.29 is 23.1 Å². The molecule has 1 saturated carbocycles. The highest BCUT2D eigenvalue weighted by Crippen LogP contribution is 2.31. The molecule has 0 aliphatic heterocycles. The number of anilines is 1. The molecule has 1 aromatic rings. The second-order valence-corrected chi connectivity index (χ2v) is 6.61. The van der Waals surface area contributed by atoms with Crippen molar-refractivity contribution in [1.82, 2.24) is 0 Å². The summed E-state index contributed by atoms with van der Waals surface area (Å²) in [5, 5.41) is 9.41. The summed E-state index contributed by atoms with van der Waals surface area (Å²) in [6, 6.07) is 3.96. The van der Waals surface area contributed by atoms with Crippen molar-refractivity contribution in [3.63, 3.8) is 0 Å². The summed E-state index contributed by atoms with van der Waals surface area (Å²) in [4.78, 5) is 11.5. The molecule has 110 valence electrons. The molecule has 2 rings (SSSR count). The van der Waals surface area contributed by atoms with Gasteiger partial charge in [0.1, 0.15) is 5.75 Å². The van der Waals surface area contributed by atoms with Crippen LogP contribution in [0.1, 0.15) is 36.5 Å². The first-order chi connectivity index (χ1) is 9.44. The molecule has 20 heavy (non-hydrogen) atoms. The standard InChI is InChI=1S/C13H17NO5S/c1-2-19-13(16)9-6-7-11(12(15)8-9)14-20(17,18)10-4-3-5-10/h6-8,10,14-15H,2-5H2,1H3. The van der Waals surface area contributed by atoms with E-state index in [0.717, 1.165) is 6.42 Å². The van der Waals surface area contributed by atoms with Gasteiger partial charge in [0.2, 0.25) is 10.0 Å². The molecule has 7 heteroatoms. The molecule has 1 aliphatic rings. The normalized spacial score (nSPS) is 15.4. The lowest BCUT2D eigenvalue weighted by Gasteiger charge is -2.25. The molecule has 1 fully saturated rings. The van der Waals surface area contributed by atoms with Gasteiger partial charge in [-0.15, -0.1) is 0 Å². The quantitative estimate of drug-likeness (QED) is 0.639. The van der Waals surface area contributed by atoms with E-state index in [1.807, 2.05) is 0 Å². The fourth-order valence-electron chi connectivity index (χ4n) is 1.88. The Labute approximate surface area is 117 Å². The number of carbonyl (C=O) groups is 1. The number of esters is 1. The maximum absolute atomic E-state index is 11.9. The van der Waals surface area contributed by atoms with Gasteiger partial charge in [0.15, 0.2) is 0 Å². The number of ether oxygens (including phenoxy) is 1. The summed E-state index contributed by atoms with van der Waals surface area (Å²) < 4.78 is 31.0. The molecule has 1 aliphatic carbocycles. The zero-order chi connectivity index (χ0) is 14.8. The highest BCUT2D eigenvalue weighted by molar-refractivity contribution is 7.93. The van der Waals surface area contributed by atoms with Gasteiger partial charge in [-0.05, 0) is 38.0 Å². The highest BCUT2D eigenvalue weighted by Gasteiger charge is 2.31. The Morgan fingerprint density at radius 3 is 2.65 bits per heavy atom. The monoisotopic (exact) mass is 299 g/mol. The summed E-state index contributed by atoms with van der Waals surface area (Å²) in [6.07, 6.45) is 2.17. The van der Waals surface area contributed by atoms with E-state index in [4.69, 9.17) is 4.74 Å². The molecular formula is C13H17NO5S. The first-order valence-corrected chi connectivity index (χ1v) is 8.00. The number of rotatable bonds is 5. The van der Waals surface area contributed by atoms with Gasteiger partial charge in [-0.1, -0.05) is 6.42 Å². The number of aromatic hydroxyl groups is 1. The fourth-order valence-corrected chi connectivity index (χ4v) is 3.48. The number of benzene rings is 1. The fraction of sp³-hybridized carbons (Fsp3) is 0.462. The summed E-state index contributed by atoms with van der Waals surface area (Å²) >= 11 is 0. The van der Waals surface area contributed by atoms with E-state index >= 15 is 0 Å². The summed E-state index contributed by atoms with van der Waals surface area (Å²) in [5.41, 5.74) is 0.251. The minimum atomic E-state index is -3.47. The van der Waals surface area contributed by atoms with Crippen LogP contribution >= 0.6 is 0 Å². The Bertz CT molecular complexity index is 607. The molecule has 0 heterocycles. The molecule has 0 unspecified atom stereocenters.